The van der Waals surface area contributed by atoms with Crippen molar-refractivity contribution in [3.05, 3.63) is 11.4 Å². The Kier molecular flexibility index (Phi) is 3.24. The SMILES string of the molecule is Cc1nc(OC(=O)O)c(C)nc1OC(=O)O. The Hall–Kier alpha value is -2.38. The molecule has 0 saturated carbocycles. The average molecular weight is 228 g/mol. The Balaban J connectivity index is 3.06. The first-order valence-electron chi connectivity index (χ1n) is 4.07. The number of carbonyl (C=O) groups is 2. The summed E-state index contributed by atoms with van der Waals surface area (Å²) < 4.78 is 8.65. The number of carboxylic acid groups (broad SMARTS) is 2. The van der Waals surface area contributed by atoms with Crippen molar-refractivity contribution in [2.75, 3.05) is 0 Å². The fraction of sp³-hybridized carbons (Fsp3) is 0.250. The predicted octanol–water partition coefficient (Wildman–Crippen LogP) is 1.21. The molecular weight excluding hydrogens is 220 g/mol. The van der Waals surface area contributed by atoms with E-state index in [1.807, 2.05) is 0 Å². The van der Waals surface area contributed by atoms with Gasteiger partial charge in [0.25, 0.3) is 0 Å². The van der Waals surface area contributed by atoms with Gasteiger partial charge in [0.1, 0.15) is 11.4 Å². The minimum absolute atomic E-state index is 0.115. The standard InChI is InChI=1S/C8H8N2O6/c1-3-5(15-7(11)12)10-4(2)6(9-3)16-8(13)14/h1-2H3,(H,11,12)(H,13,14). The second kappa shape index (κ2) is 4.43. The molecule has 1 rings (SSSR count). The van der Waals surface area contributed by atoms with E-state index in [0.29, 0.717) is 0 Å². The lowest BCUT2D eigenvalue weighted by Crippen LogP contribution is -2.11. The maximum absolute atomic E-state index is 10.3. The third-order valence-corrected chi connectivity index (χ3v) is 1.53. The number of hydrogen-bond acceptors (Lipinski definition) is 6. The van der Waals surface area contributed by atoms with E-state index in [9.17, 15) is 9.59 Å². The minimum atomic E-state index is -1.52. The molecule has 0 saturated heterocycles. The van der Waals surface area contributed by atoms with Crippen molar-refractivity contribution in [2.24, 2.45) is 0 Å². The molecule has 1 aromatic rings. The molecule has 0 aliphatic heterocycles. The van der Waals surface area contributed by atoms with Gasteiger partial charge < -0.3 is 19.7 Å². The van der Waals surface area contributed by atoms with Crippen LogP contribution >= 0.6 is 0 Å². The first kappa shape index (κ1) is 11.7. The molecule has 0 aliphatic rings. The summed E-state index contributed by atoms with van der Waals surface area (Å²) in [5.74, 6) is -0.412. The summed E-state index contributed by atoms with van der Waals surface area (Å²) in [6.07, 6.45) is -3.05. The molecule has 0 atom stereocenters. The Labute approximate surface area is 89.5 Å². The zero-order valence-corrected chi connectivity index (χ0v) is 8.42. The fourth-order valence-electron chi connectivity index (χ4n) is 0.921. The molecule has 8 heteroatoms. The highest BCUT2D eigenvalue weighted by Gasteiger charge is 2.14. The van der Waals surface area contributed by atoms with Gasteiger partial charge in [-0.15, -0.1) is 0 Å². The van der Waals surface area contributed by atoms with Gasteiger partial charge in [-0.3, -0.25) is 0 Å². The molecule has 0 amide bonds. The van der Waals surface area contributed by atoms with Gasteiger partial charge in [-0.2, -0.15) is 0 Å². The van der Waals surface area contributed by atoms with Crippen molar-refractivity contribution in [1.82, 2.24) is 9.97 Å². The minimum Gasteiger partial charge on any atom is -0.449 e. The number of rotatable bonds is 2. The molecule has 1 heterocycles. The smallest absolute Gasteiger partial charge is 0.449 e. The van der Waals surface area contributed by atoms with Crippen molar-refractivity contribution in [2.45, 2.75) is 13.8 Å². The van der Waals surface area contributed by atoms with Crippen molar-refractivity contribution in [3.8, 4) is 11.8 Å². The van der Waals surface area contributed by atoms with E-state index in [0.717, 1.165) is 0 Å². The normalized spacial score (nSPS) is 9.62. The van der Waals surface area contributed by atoms with Crippen LogP contribution in [0, 0.1) is 13.8 Å². The Morgan fingerprint density at radius 1 is 0.938 bits per heavy atom. The van der Waals surface area contributed by atoms with E-state index in [2.05, 4.69) is 19.4 Å². The zero-order chi connectivity index (χ0) is 12.3. The van der Waals surface area contributed by atoms with Gasteiger partial charge in [0.05, 0.1) is 0 Å². The number of nitrogens with zero attached hydrogens (tertiary/aromatic N) is 2. The molecule has 8 nitrogen and oxygen atoms in total. The molecule has 0 fully saturated rings. The lowest BCUT2D eigenvalue weighted by molar-refractivity contribution is 0.137. The summed E-state index contributed by atoms with van der Waals surface area (Å²) in [6.45, 7) is 2.83. The number of hydrogen-bond donors (Lipinski definition) is 2. The van der Waals surface area contributed by atoms with Crippen LogP contribution in [0.1, 0.15) is 11.4 Å². The maximum atomic E-state index is 10.3. The summed E-state index contributed by atoms with van der Waals surface area (Å²) in [4.78, 5) is 28.0. The van der Waals surface area contributed by atoms with E-state index >= 15 is 0 Å². The Morgan fingerprint density at radius 3 is 1.50 bits per heavy atom. The van der Waals surface area contributed by atoms with Crippen LogP contribution in [0.5, 0.6) is 11.8 Å². The van der Waals surface area contributed by atoms with Gasteiger partial charge in [0, 0.05) is 0 Å². The summed E-state index contributed by atoms with van der Waals surface area (Å²) in [7, 11) is 0. The van der Waals surface area contributed by atoms with Crippen LogP contribution in [0.3, 0.4) is 0 Å². The van der Waals surface area contributed by atoms with Crippen LogP contribution in [0.25, 0.3) is 0 Å². The molecule has 16 heavy (non-hydrogen) atoms. The molecule has 2 N–H and O–H groups in total. The van der Waals surface area contributed by atoms with Gasteiger partial charge in [0.15, 0.2) is 0 Å². The second-order valence-corrected chi connectivity index (χ2v) is 2.74. The van der Waals surface area contributed by atoms with Crippen molar-refractivity contribution < 1.29 is 29.3 Å². The molecule has 1 aromatic heterocycles. The summed E-state index contributed by atoms with van der Waals surface area (Å²) >= 11 is 0. The number of aromatic nitrogens is 2. The van der Waals surface area contributed by atoms with E-state index in [1.165, 1.54) is 13.8 Å². The zero-order valence-electron chi connectivity index (χ0n) is 8.42. The molecule has 0 unspecified atom stereocenters. The highest BCUT2D eigenvalue weighted by atomic mass is 16.7. The van der Waals surface area contributed by atoms with Gasteiger partial charge in [0.2, 0.25) is 11.8 Å². The molecule has 0 aromatic carbocycles. The third kappa shape index (κ3) is 2.80. The first-order valence-corrected chi connectivity index (χ1v) is 4.07. The van der Waals surface area contributed by atoms with Crippen molar-refractivity contribution in [3.63, 3.8) is 0 Å². The van der Waals surface area contributed by atoms with Crippen LogP contribution in [0.15, 0.2) is 0 Å². The molecule has 0 bridgehead atoms. The van der Waals surface area contributed by atoms with Gasteiger partial charge in [-0.25, -0.2) is 19.6 Å². The summed E-state index contributed by atoms with van der Waals surface area (Å²) in [6, 6.07) is 0. The van der Waals surface area contributed by atoms with Crippen LogP contribution in [0.4, 0.5) is 9.59 Å². The highest BCUT2D eigenvalue weighted by molar-refractivity contribution is 5.62. The Morgan fingerprint density at radius 2 is 1.25 bits per heavy atom. The fourth-order valence-corrected chi connectivity index (χ4v) is 0.921. The molecule has 0 spiro atoms. The number of aryl methyl sites for hydroxylation is 2. The van der Waals surface area contributed by atoms with Crippen LogP contribution in [-0.2, 0) is 0 Å². The lowest BCUT2D eigenvalue weighted by atomic mass is 10.4. The van der Waals surface area contributed by atoms with Crippen LogP contribution in [-0.4, -0.2) is 32.5 Å². The monoisotopic (exact) mass is 228 g/mol. The van der Waals surface area contributed by atoms with E-state index in [-0.39, 0.29) is 23.1 Å². The predicted molar refractivity (Wildman–Crippen MR) is 48.8 cm³/mol. The topological polar surface area (TPSA) is 119 Å². The quantitative estimate of drug-likeness (QED) is 0.724. The van der Waals surface area contributed by atoms with E-state index in [4.69, 9.17) is 10.2 Å². The molecule has 0 radical (unpaired) electrons. The molecule has 0 aliphatic carbocycles. The highest BCUT2D eigenvalue weighted by Crippen LogP contribution is 2.20. The van der Waals surface area contributed by atoms with Gasteiger partial charge >= 0.3 is 12.3 Å². The Bertz CT molecular complexity index is 403. The largest absolute Gasteiger partial charge is 0.512 e. The van der Waals surface area contributed by atoms with E-state index < -0.39 is 12.3 Å². The third-order valence-electron chi connectivity index (χ3n) is 1.53. The summed E-state index contributed by atoms with van der Waals surface area (Å²) in [5, 5.41) is 16.8. The van der Waals surface area contributed by atoms with E-state index in [1.54, 1.807) is 0 Å². The van der Waals surface area contributed by atoms with Gasteiger partial charge in [-0.1, -0.05) is 0 Å². The lowest BCUT2D eigenvalue weighted by Gasteiger charge is -2.06. The first-order chi connectivity index (χ1) is 7.40. The second-order valence-electron chi connectivity index (χ2n) is 2.74. The number of ether oxygens (including phenoxy) is 2. The summed E-state index contributed by atoms with van der Waals surface area (Å²) in [5.41, 5.74) is 0.230. The molecular formula is C8H8N2O6. The maximum Gasteiger partial charge on any atom is 0.512 e. The van der Waals surface area contributed by atoms with Crippen LogP contribution < -0.4 is 9.47 Å². The molecule has 86 valence electrons. The van der Waals surface area contributed by atoms with Gasteiger partial charge in [-0.05, 0) is 13.8 Å². The van der Waals surface area contributed by atoms with Crippen LogP contribution in [0.2, 0.25) is 0 Å². The average Bonchev–Trinajstić information content (AvgIpc) is 2.11. The van der Waals surface area contributed by atoms with Crippen molar-refractivity contribution in [1.29, 1.82) is 0 Å². The van der Waals surface area contributed by atoms with Crippen molar-refractivity contribution >= 4 is 12.3 Å².